The maximum Gasteiger partial charge on any atom is 0.261 e. The Morgan fingerprint density at radius 2 is 1.61 bits per heavy atom. The van der Waals surface area contributed by atoms with Crippen molar-refractivity contribution in [3.8, 4) is 17.6 Å². The molecule has 9 heteroatoms. The van der Waals surface area contributed by atoms with Crippen LogP contribution in [0, 0.1) is 11.3 Å². The molecule has 0 bridgehead atoms. The van der Waals surface area contributed by atoms with E-state index in [1.165, 1.54) is 11.1 Å². The monoisotopic (exact) mass is 548 g/mol. The zero-order valence-corrected chi connectivity index (χ0v) is 22.0. The van der Waals surface area contributed by atoms with Crippen LogP contribution in [-0.2, 0) is 24.3 Å². The Morgan fingerprint density at radius 3 is 2.34 bits per heavy atom. The van der Waals surface area contributed by atoms with Gasteiger partial charge in [0.1, 0.15) is 29.9 Å². The number of anilines is 1. The predicted octanol–water partition coefficient (Wildman–Crippen LogP) is 5.63. The summed E-state index contributed by atoms with van der Waals surface area (Å²) in [6.07, 6.45) is 2.44. The molecule has 0 fully saturated rings. The summed E-state index contributed by atoms with van der Waals surface area (Å²) < 4.78 is 19.4. The molecular weight excluding hydrogens is 523 g/mol. The van der Waals surface area contributed by atoms with Crippen LogP contribution in [0.1, 0.15) is 49.5 Å². The van der Waals surface area contributed by atoms with Crippen LogP contribution in [0.4, 0.5) is 10.1 Å². The number of fused-ring (bicyclic) bond motifs is 1. The van der Waals surface area contributed by atoms with Crippen molar-refractivity contribution < 1.29 is 23.5 Å². The van der Waals surface area contributed by atoms with Gasteiger partial charge in [0.25, 0.3) is 11.8 Å². The molecule has 0 saturated heterocycles. The number of hydrogen-bond acceptors (Lipinski definition) is 6. The van der Waals surface area contributed by atoms with Crippen molar-refractivity contribution in [1.29, 1.82) is 5.26 Å². The van der Waals surface area contributed by atoms with Crippen molar-refractivity contribution in [2.24, 2.45) is 0 Å². The van der Waals surface area contributed by atoms with Crippen LogP contribution >= 0.6 is 0 Å². The van der Waals surface area contributed by atoms with Gasteiger partial charge in [-0.25, -0.2) is 9.37 Å². The molecule has 3 aromatic carbocycles. The number of carbonyl (C=O) groups excluding carboxylic acids is 3. The molecule has 4 aromatic rings. The summed E-state index contributed by atoms with van der Waals surface area (Å²) in [5.74, 6) is 0.117. The third-order valence-corrected chi connectivity index (χ3v) is 6.61. The topological polar surface area (TPSA) is 112 Å². The Hall–Kier alpha value is -5.36. The van der Waals surface area contributed by atoms with Gasteiger partial charge in [-0.2, -0.15) is 5.26 Å². The fourth-order valence-corrected chi connectivity index (χ4v) is 4.66. The van der Waals surface area contributed by atoms with Crippen LogP contribution < -0.4 is 10.1 Å². The highest BCUT2D eigenvalue weighted by Gasteiger charge is 2.34. The number of hydrogen-bond donors (Lipinski definition) is 1. The lowest BCUT2D eigenvalue weighted by Crippen LogP contribution is -2.31. The third kappa shape index (κ3) is 6.45. The molecule has 204 valence electrons. The van der Waals surface area contributed by atoms with E-state index < -0.39 is 6.67 Å². The van der Waals surface area contributed by atoms with Gasteiger partial charge in [0.15, 0.2) is 0 Å². The largest absolute Gasteiger partial charge is 0.457 e. The molecule has 1 aliphatic rings. The van der Waals surface area contributed by atoms with Crippen molar-refractivity contribution in [1.82, 2.24) is 9.88 Å². The predicted molar refractivity (Wildman–Crippen MR) is 149 cm³/mol. The highest BCUT2D eigenvalue weighted by Crippen LogP contribution is 2.25. The summed E-state index contributed by atoms with van der Waals surface area (Å²) in [5, 5.41) is 11.8. The summed E-state index contributed by atoms with van der Waals surface area (Å²) in [7, 11) is 0. The zero-order valence-electron chi connectivity index (χ0n) is 22.0. The maximum atomic E-state index is 13.6. The van der Waals surface area contributed by atoms with Crippen LogP contribution in [-0.4, -0.2) is 34.2 Å². The van der Waals surface area contributed by atoms with E-state index >= 15 is 0 Å². The Bertz CT molecular complexity index is 1650. The maximum absolute atomic E-state index is 13.6. The second-order valence-electron chi connectivity index (χ2n) is 9.52. The second-order valence-corrected chi connectivity index (χ2v) is 9.52. The summed E-state index contributed by atoms with van der Waals surface area (Å²) in [6.45, 7) is -0.574. The number of imide groups is 1. The molecule has 3 amide bonds. The van der Waals surface area contributed by atoms with Gasteiger partial charge < -0.3 is 10.1 Å². The van der Waals surface area contributed by atoms with Gasteiger partial charge in [0.2, 0.25) is 5.91 Å². The number of benzene rings is 3. The van der Waals surface area contributed by atoms with E-state index in [9.17, 15) is 18.8 Å². The molecule has 0 saturated carbocycles. The molecule has 1 aromatic heterocycles. The van der Waals surface area contributed by atoms with Crippen LogP contribution in [0.15, 0.2) is 85.1 Å². The number of pyridine rings is 1. The van der Waals surface area contributed by atoms with E-state index in [1.54, 1.807) is 60.7 Å². The highest BCUT2D eigenvalue weighted by molar-refractivity contribution is 6.21. The van der Waals surface area contributed by atoms with Gasteiger partial charge in [-0.3, -0.25) is 19.3 Å². The molecule has 0 aliphatic carbocycles. The second kappa shape index (κ2) is 12.2. The molecule has 8 nitrogen and oxygen atoms in total. The number of nitrogens with zero attached hydrogens (tertiary/aromatic N) is 3. The van der Waals surface area contributed by atoms with E-state index in [4.69, 9.17) is 10.00 Å². The summed E-state index contributed by atoms with van der Waals surface area (Å²) >= 11 is 0. The van der Waals surface area contributed by atoms with Crippen LogP contribution in [0.3, 0.4) is 0 Å². The van der Waals surface area contributed by atoms with Crippen LogP contribution in [0.5, 0.6) is 11.5 Å². The lowest BCUT2D eigenvalue weighted by Gasteiger charge is -2.15. The minimum atomic E-state index is -0.718. The Morgan fingerprint density at radius 1 is 0.878 bits per heavy atom. The van der Waals surface area contributed by atoms with Crippen molar-refractivity contribution in [2.45, 2.75) is 25.9 Å². The number of halogens is 1. The molecule has 0 radical (unpaired) electrons. The third-order valence-electron chi connectivity index (χ3n) is 6.61. The molecule has 1 aliphatic heterocycles. The van der Waals surface area contributed by atoms with Crippen molar-refractivity contribution in [2.75, 3.05) is 11.9 Å². The lowest BCUT2D eigenvalue weighted by atomic mass is 10.1. The van der Waals surface area contributed by atoms with Gasteiger partial charge in [-0.1, -0.05) is 30.3 Å². The summed E-state index contributed by atoms with van der Waals surface area (Å²) in [6, 6.07) is 24.1. The van der Waals surface area contributed by atoms with Gasteiger partial charge in [0.05, 0.1) is 11.1 Å². The van der Waals surface area contributed by atoms with Crippen molar-refractivity contribution in [3.63, 3.8) is 0 Å². The molecule has 1 N–H and O–H groups in total. The summed E-state index contributed by atoms with van der Waals surface area (Å²) in [5.41, 5.74) is 3.43. The fraction of sp³-hybridized carbons (Fsp3) is 0.156. The SMILES string of the molecule is N#Cc1cc(Oc2cccc(CCC(=O)Nc3cc(CF)cc(CCN4C(=O)c5ccccc5C4=O)c3)c2)ccn1. The molecule has 0 spiro atoms. The molecule has 41 heavy (non-hydrogen) atoms. The van der Waals surface area contributed by atoms with Crippen molar-refractivity contribution >= 4 is 23.4 Å². The first kappa shape index (κ1) is 27.2. The first-order valence-corrected chi connectivity index (χ1v) is 13.0. The quantitative estimate of drug-likeness (QED) is 0.257. The molecular formula is C32H25FN4O4. The Balaban J connectivity index is 1.18. The van der Waals surface area contributed by atoms with Gasteiger partial charge in [0, 0.05) is 30.9 Å². The van der Waals surface area contributed by atoms with E-state index in [0.717, 1.165) is 5.56 Å². The summed E-state index contributed by atoms with van der Waals surface area (Å²) in [4.78, 5) is 43.2. The normalized spacial score (nSPS) is 12.1. The van der Waals surface area contributed by atoms with Gasteiger partial charge in [-0.05, 0) is 72.0 Å². The number of alkyl halides is 1. The number of nitriles is 1. The number of nitrogens with one attached hydrogen (secondary N) is 1. The van der Waals surface area contributed by atoms with Gasteiger partial charge >= 0.3 is 0 Å². The average molecular weight is 549 g/mol. The number of amides is 3. The Kier molecular flexibility index (Phi) is 8.11. The first-order valence-electron chi connectivity index (χ1n) is 13.0. The van der Waals surface area contributed by atoms with E-state index in [-0.39, 0.29) is 36.4 Å². The number of ether oxygens (including phenoxy) is 1. The van der Waals surface area contributed by atoms with Crippen LogP contribution in [0.25, 0.3) is 0 Å². The zero-order chi connectivity index (χ0) is 28.8. The first-order chi connectivity index (χ1) is 19.9. The Labute approximate surface area is 236 Å². The number of aryl methyl sites for hydroxylation is 1. The standard InChI is InChI=1S/C32H25FN4O4/c33-19-23-14-22(11-13-37-31(39)28-6-1-2-7-29(28)32(37)40)15-24(16-23)36-30(38)9-8-21-4-3-5-26(17-21)41-27-10-12-35-25(18-27)20-34/h1-7,10,12,14-18H,8-9,11,13,19H2,(H,36,38). The smallest absolute Gasteiger partial charge is 0.261 e. The fourth-order valence-electron chi connectivity index (χ4n) is 4.66. The van der Waals surface area contributed by atoms with Crippen molar-refractivity contribution in [3.05, 3.63) is 119 Å². The molecule has 5 rings (SSSR count). The van der Waals surface area contributed by atoms with Gasteiger partial charge in [-0.15, -0.1) is 0 Å². The number of rotatable bonds is 10. The highest BCUT2D eigenvalue weighted by atomic mass is 19.1. The number of aromatic nitrogens is 1. The van der Waals surface area contributed by atoms with E-state index in [0.29, 0.717) is 52.3 Å². The minimum Gasteiger partial charge on any atom is -0.457 e. The van der Waals surface area contributed by atoms with Crippen LogP contribution in [0.2, 0.25) is 0 Å². The average Bonchev–Trinajstić information content (AvgIpc) is 3.24. The molecule has 0 unspecified atom stereocenters. The number of carbonyl (C=O) groups is 3. The van der Waals surface area contributed by atoms with E-state index in [1.807, 2.05) is 24.3 Å². The lowest BCUT2D eigenvalue weighted by molar-refractivity contribution is -0.116. The molecule has 0 atom stereocenters. The van der Waals surface area contributed by atoms with E-state index in [2.05, 4.69) is 10.3 Å². The molecule has 2 heterocycles. The minimum absolute atomic E-state index is 0.144.